The monoisotopic (exact) mass is 590 g/mol. The molecule has 2 bridgehead atoms. The van der Waals surface area contributed by atoms with Gasteiger partial charge in [-0.15, -0.1) is 24.9 Å². The number of aliphatic hydroxyl groups excluding tert-OH is 1. The lowest BCUT2D eigenvalue weighted by atomic mass is 9.66. The molecule has 3 saturated heterocycles. The molecule has 1 N–H and O–H groups in total. The van der Waals surface area contributed by atoms with Gasteiger partial charge >= 0.3 is 5.97 Å². The van der Waals surface area contributed by atoms with E-state index < -0.39 is 27.4 Å². The second-order valence-electron chi connectivity index (χ2n) is 11.9. The Labute approximate surface area is 253 Å². The lowest BCUT2D eigenvalue weighted by Crippen LogP contribution is -2.55. The van der Waals surface area contributed by atoms with Gasteiger partial charge in [0.25, 0.3) is 5.91 Å². The third kappa shape index (κ3) is 5.28. The van der Waals surface area contributed by atoms with Crippen LogP contribution < -0.4 is 4.90 Å². The molecule has 1 spiro atoms. The van der Waals surface area contributed by atoms with Crippen molar-refractivity contribution in [1.29, 1.82) is 0 Å². The Morgan fingerprint density at radius 3 is 2.62 bits per heavy atom. The normalized spacial score (nSPS) is 27.7. The van der Waals surface area contributed by atoms with Crippen LogP contribution in [-0.2, 0) is 19.1 Å². The Kier molecular flexibility index (Phi) is 9.14. The van der Waals surface area contributed by atoms with Gasteiger partial charge in [0, 0.05) is 30.1 Å². The second kappa shape index (κ2) is 12.6. The van der Waals surface area contributed by atoms with Gasteiger partial charge in [-0.05, 0) is 74.8 Å². The van der Waals surface area contributed by atoms with Crippen molar-refractivity contribution in [3.63, 3.8) is 0 Å². The Balaban J connectivity index is 1.51. The van der Waals surface area contributed by atoms with Gasteiger partial charge in [-0.25, -0.2) is 0 Å². The Morgan fingerprint density at radius 2 is 1.88 bits per heavy atom. The molecule has 2 unspecified atom stereocenters. The quantitative estimate of drug-likeness (QED) is 0.177. The number of fused-ring (bicyclic) bond motifs is 2. The summed E-state index contributed by atoms with van der Waals surface area (Å²) in [5.41, 5.74) is 0.757. The molecule has 0 saturated carbocycles. The number of rotatable bonds is 14. The summed E-state index contributed by atoms with van der Waals surface area (Å²) in [5, 5.41) is 11.4. The van der Waals surface area contributed by atoms with E-state index in [1.807, 2.05) is 42.5 Å². The fourth-order valence-corrected chi connectivity index (χ4v) is 9.65. The maximum atomic E-state index is 14.8. The van der Waals surface area contributed by atoms with E-state index in [4.69, 9.17) is 4.74 Å². The summed E-state index contributed by atoms with van der Waals surface area (Å²) >= 11 is 1.66. The number of carbonyl (C=O) groups is 3. The zero-order valence-corrected chi connectivity index (χ0v) is 25.3. The molecule has 0 radical (unpaired) electrons. The Bertz CT molecular complexity index is 1360. The van der Waals surface area contributed by atoms with Gasteiger partial charge in [0.05, 0.1) is 23.2 Å². The van der Waals surface area contributed by atoms with Crippen LogP contribution in [0.15, 0.2) is 67.8 Å². The maximum Gasteiger partial charge on any atom is 0.311 e. The number of allylic oxidation sites excluding steroid dienone is 1. The number of ether oxygens (including phenoxy) is 1. The van der Waals surface area contributed by atoms with Crippen LogP contribution in [0, 0.1) is 11.8 Å². The minimum Gasteiger partial charge on any atom is -0.465 e. The highest BCUT2D eigenvalue weighted by molar-refractivity contribution is 8.02. The lowest BCUT2D eigenvalue weighted by molar-refractivity contribution is -0.155. The number of unbranched alkanes of at least 4 members (excludes halogenated alkanes) is 3. The summed E-state index contributed by atoms with van der Waals surface area (Å²) in [4.78, 5) is 46.2. The molecular formula is C34H42N2O5S. The highest BCUT2D eigenvalue weighted by Crippen LogP contribution is 2.71. The van der Waals surface area contributed by atoms with Crippen molar-refractivity contribution in [2.45, 2.75) is 67.4 Å². The van der Waals surface area contributed by atoms with E-state index >= 15 is 0 Å². The number of hydrogen-bond donors (Lipinski definition) is 1. The van der Waals surface area contributed by atoms with E-state index in [9.17, 15) is 19.5 Å². The highest BCUT2D eigenvalue weighted by atomic mass is 32.2. The molecular weight excluding hydrogens is 548 g/mol. The zero-order valence-electron chi connectivity index (χ0n) is 24.5. The lowest BCUT2D eigenvalue weighted by Gasteiger charge is -2.37. The van der Waals surface area contributed by atoms with Crippen LogP contribution >= 0.6 is 11.8 Å². The number of anilines is 1. The molecule has 3 fully saturated rings. The molecule has 8 heteroatoms. The molecule has 0 aromatic heterocycles. The molecule has 42 heavy (non-hydrogen) atoms. The van der Waals surface area contributed by atoms with Gasteiger partial charge in [-0.2, -0.15) is 0 Å². The Morgan fingerprint density at radius 1 is 1.10 bits per heavy atom. The number of esters is 1. The summed E-state index contributed by atoms with van der Waals surface area (Å²) < 4.78 is 4.56. The first kappa shape index (κ1) is 30.4. The predicted molar refractivity (Wildman–Crippen MR) is 168 cm³/mol. The minimum absolute atomic E-state index is 0.0892. The number of thioether (sulfide) groups is 1. The van der Waals surface area contributed by atoms with Crippen molar-refractivity contribution in [3.05, 3.63) is 67.8 Å². The minimum atomic E-state index is -0.707. The van der Waals surface area contributed by atoms with Crippen LogP contribution in [0.5, 0.6) is 0 Å². The smallest absolute Gasteiger partial charge is 0.311 e. The van der Waals surface area contributed by atoms with Gasteiger partial charge in [0.1, 0.15) is 6.04 Å². The fraction of sp³-hybridized carbons (Fsp3) is 0.500. The summed E-state index contributed by atoms with van der Waals surface area (Å²) in [6.07, 6.45) is 8.46. The third-order valence-corrected chi connectivity index (χ3v) is 11.2. The molecule has 2 amide bonds. The van der Waals surface area contributed by atoms with Crippen molar-refractivity contribution in [2.24, 2.45) is 11.8 Å². The number of aliphatic hydroxyl groups is 1. The summed E-state index contributed by atoms with van der Waals surface area (Å²) in [6, 6.07) is 13.3. The number of likely N-dealkylation sites (tertiary alicyclic amines) is 1. The Hall–Kier alpha value is -3.10. The number of benzene rings is 2. The topological polar surface area (TPSA) is 87.1 Å². The number of nitrogens with zero attached hydrogens (tertiary/aromatic N) is 2. The van der Waals surface area contributed by atoms with Crippen molar-refractivity contribution >= 4 is 46.0 Å². The molecule has 2 aromatic carbocycles. The summed E-state index contributed by atoms with van der Waals surface area (Å²) in [6.45, 7) is 10.8. The number of amides is 2. The van der Waals surface area contributed by atoms with Crippen LogP contribution in [0.4, 0.5) is 5.69 Å². The fourth-order valence-electron chi connectivity index (χ4n) is 7.31. The van der Waals surface area contributed by atoms with Crippen LogP contribution in [0.3, 0.4) is 0 Å². The van der Waals surface area contributed by atoms with Gasteiger partial charge in [0.2, 0.25) is 5.91 Å². The number of carbonyl (C=O) groups excluding carboxylic acids is 3. The standard InChI is InChI=1S/C34H42N2O5S/c1-4-6-12-22-41-32(40)28-27-30(38)36(20-10-7-11-21-37)29(34(27)18-17-33(28,3)42-34)31(39)35(19-5-2)26-16-15-24-13-8-9-14-25(24)23-26/h4-5,8-9,13-16,23,27-29,37H,1-2,6-7,10-12,17-22H2,3H3/t27-,28-,29?,33+,34?/m0/s1. The zero-order chi connectivity index (χ0) is 29.9. The van der Waals surface area contributed by atoms with E-state index in [-0.39, 0.29) is 31.0 Å². The average Bonchev–Trinajstić information content (AvgIpc) is 3.56. The van der Waals surface area contributed by atoms with E-state index in [1.54, 1.807) is 33.7 Å². The van der Waals surface area contributed by atoms with Crippen molar-refractivity contribution in [2.75, 3.05) is 31.2 Å². The largest absolute Gasteiger partial charge is 0.465 e. The molecule has 224 valence electrons. The molecule has 0 aliphatic carbocycles. The number of hydrogen-bond acceptors (Lipinski definition) is 6. The third-order valence-electron chi connectivity index (χ3n) is 9.24. The van der Waals surface area contributed by atoms with E-state index in [0.717, 1.165) is 35.7 Å². The molecule has 3 aliphatic rings. The van der Waals surface area contributed by atoms with Gasteiger partial charge in [-0.1, -0.05) is 42.5 Å². The van der Waals surface area contributed by atoms with E-state index in [2.05, 4.69) is 20.1 Å². The molecule has 3 aliphatic heterocycles. The van der Waals surface area contributed by atoms with Gasteiger partial charge in [0.15, 0.2) is 0 Å². The van der Waals surface area contributed by atoms with Crippen LogP contribution in [0.1, 0.15) is 51.9 Å². The van der Waals surface area contributed by atoms with E-state index in [1.165, 1.54) is 0 Å². The van der Waals surface area contributed by atoms with Gasteiger partial charge in [-0.3, -0.25) is 14.4 Å². The highest BCUT2D eigenvalue weighted by Gasteiger charge is 2.77. The van der Waals surface area contributed by atoms with Crippen LogP contribution in [0.25, 0.3) is 10.8 Å². The molecule has 3 heterocycles. The van der Waals surface area contributed by atoms with Gasteiger partial charge < -0.3 is 19.6 Å². The van der Waals surface area contributed by atoms with Crippen LogP contribution in [0.2, 0.25) is 0 Å². The summed E-state index contributed by atoms with van der Waals surface area (Å²) in [5.74, 6) is -1.81. The predicted octanol–water partition coefficient (Wildman–Crippen LogP) is 5.51. The van der Waals surface area contributed by atoms with Crippen molar-refractivity contribution < 1.29 is 24.2 Å². The summed E-state index contributed by atoms with van der Waals surface area (Å²) in [7, 11) is 0. The molecule has 2 aromatic rings. The maximum absolute atomic E-state index is 14.8. The average molecular weight is 591 g/mol. The van der Waals surface area contributed by atoms with Crippen molar-refractivity contribution in [3.8, 4) is 0 Å². The first-order valence-corrected chi connectivity index (χ1v) is 15.9. The van der Waals surface area contributed by atoms with Crippen molar-refractivity contribution in [1.82, 2.24) is 4.90 Å². The molecule has 7 nitrogen and oxygen atoms in total. The first-order valence-electron chi connectivity index (χ1n) is 15.1. The van der Waals surface area contributed by atoms with E-state index in [0.29, 0.717) is 38.8 Å². The SMILES string of the molecule is C=CCCCOC(=O)[C@@H]1[C@H]2C(=O)N(CCCCCO)C(C(=O)N(CC=C)c3ccc4ccccc4c3)C23CC[C@@]1(C)S3. The molecule has 5 rings (SSSR count). The van der Waals surface area contributed by atoms with Crippen LogP contribution in [-0.4, -0.2) is 69.6 Å². The first-order chi connectivity index (χ1) is 20.3. The molecule has 5 atom stereocenters. The second-order valence-corrected chi connectivity index (χ2v) is 13.8.